The van der Waals surface area contributed by atoms with Crippen molar-refractivity contribution in [3.63, 3.8) is 0 Å². The van der Waals surface area contributed by atoms with E-state index < -0.39 is 0 Å². The fourth-order valence-electron chi connectivity index (χ4n) is 3.13. The van der Waals surface area contributed by atoms with E-state index >= 15 is 0 Å². The molecule has 0 radical (unpaired) electrons. The van der Waals surface area contributed by atoms with Gasteiger partial charge in [-0.05, 0) is 30.0 Å². The number of hydrogen-bond donors (Lipinski definition) is 0. The van der Waals surface area contributed by atoms with Gasteiger partial charge in [-0.25, -0.2) is 4.79 Å². The lowest BCUT2D eigenvalue weighted by molar-refractivity contribution is 0.0497. The summed E-state index contributed by atoms with van der Waals surface area (Å²) in [7, 11) is 0. The Balaban J connectivity index is 2.07. The minimum Gasteiger partial charge on any atom is -0.462 e. The van der Waals surface area contributed by atoms with Gasteiger partial charge in [-0.3, -0.25) is 0 Å². The van der Waals surface area contributed by atoms with Crippen LogP contribution in [0, 0.1) is 5.92 Å². The van der Waals surface area contributed by atoms with Crippen molar-refractivity contribution < 1.29 is 9.53 Å². The van der Waals surface area contributed by atoms with Gasteiger partial charge in [-0.15, -0.1) is 0 Å². The van der Waals surface area contributed by atoms with E-state index in [-0.39, 0.29) is 5.97 Å². The summed E-state index contributed by atoms with van der Waals surface area (Å²) in [4.78, 5) is 11.9. The summed E-state index contributed by atoms with van der Waals surface area (Å²) < 4.78 is 5.35. The van der Waals surface area contributed by atoms with Crippen LogP contribution in [-0.2, 0) is 4.74 Å². The van der Waals surface area contributed by atoms with Crippen molar-refractivity contribution in [2.24, 2.45) is 5.92 Å². The molecule has 0 spiro atoms. The summed E-state index contributed by atoms with van der Waals surface area (Å²) in [5, 5.41) is 0. The van der Waals surface area contributed by atoms with Crippen LogP contribution in [0.1, 0.15) is 94.0 Å². The van der Waals surface area contributed by atoms with Gasteiger partial charge in [0.05, 0.1) is 12.2 Å². The Labute approximate surface area is 154 Å². The van der Waals surface area contributed by atoms with Gasteiger partial charge in [0.2, 0.25) is 0 Å². The van der Waals surface area contributed by atoms with Crippen LogP contribution >= 0.6 is 0 Å². The molecular weight excluding hydrogens is 308 g/mol. The summed E-state index contributed by atoms with van der Waals surface area (Å²) >= 11 is 0. The van der Waals surface area contributed by atoms with E-state index in [1.54, 1.807) is 18.2 Å². The van der Waals surface area contributed by atoms with Crippen molar-refractivity contribution in [3.8, 4) is 0 Å². The fraction of sp³-hybridized carbons (Fsp3) is 0.609. The van der Waals surface area contributed by atoms with E-state index in [1.165, 1.54) is 51.4 Å². The molecule has 0 aliphatic carbocycles. The summed E-state index contributed by atoms with van der Waals surface area (Å²) in [6.07, 6.45) is 14.6. The number of carbonyl (C=O) groups excluding carboxylic acids is 1. The average Bonchev–Trinajstić information content (AvgIpc) is 2.65. The molecule has 1 unspecified atom stereocenters. The molecule has 0 fully saturated rings. The molecule has 140 valence electrons. The molecule has 1 atom stereocenters. The Morgan fingerprint density at radius 2 is 1.64 bits per heavy atom. The monoisotopic (exact) mass is 344 g/mol. The highest BCUT2D eigenvalue weighted by molar-refractivity contribution is 5.89. The highest BCUT2D eigenvalue weighted by atomic mass is 16.5. The summed E-state index contributed by atoms with van der Waals surface area (Å²) in [6.45, 7) is 8.82. The van der Waals surface area contributed by atoms with Crippen molar-refractivity contribution in [2.45, 2.75) is 78.1 Å². The molecule has 0 aliphatic rings. The molecular formula is C23H36O2. The molecule has 2 nitrogen and oxygen atoms in total. The third-order valence-corrected chi connectivity index (χ3v) is 4.92. The van der Waals surface area contributed by atoms with Gasteiger partial charge in [-0.2, -0.15) is 0 Å². The van der Waals surface area contributed by atoms with Gasteiger partial charge in [0.15, 0.2) is 0 Å². The van der Waals surface area contributed by atoms with Crippen molar-refractivity contribution in [3.05, 3.63) is 42.0 Å². The average molecular weight is 345 g/mol. The number of benzene rings is 1. The molecule has 1 aromatic carbocycles. The lowest BCUT2D eigenvalue weighted by Gasteiger charge is -2.14. The fourth-order valence-corrected chi connectivity index (χ4v) is 3.13. The van der Waals surface area contributed by atoms with Crippen LogP contribution < -0.4 is 0 Å². The van der Waals surface area contributed by atoms with Gasteiger partial charge in [0.1, 0.15) is 0 Å². The summed E-state index contributed by atoms with van der Waals surface area (Å²) in [5.41, 5.74) is 1.63. The zero-order chi connectivity index (χ0) is 18.3. The third-order valence-electron chi connectivity index (χ3n) is 4.92. The largest absolute Gasteiger partial charge is 0.462 e. The standard InChI is InChI=1S/C23H36O2/c1-4-7-10-13-20(5-2)14-11-8-9-12-19-25-23(24)22-17-15-21(6-3)16-18-22/h6,15-18,20H,3-5,7-14,19H2,1-2H3. The predicted octanol–water partition coefficient (Wildman–Crippen LogP) is 7.04. The van der Waals surface area contributed by atoms with Crippen molar-refractivity contribution >= 4 is 12.0 Å². The van der Waals surface area contributed by atoms with E-state index in [1.807, 2.05) is 12.1 Å². The Hall–Kier alpha value is -1.57. The highest BCUT2D eigenvalue weighted by Gasteiger charge is 2.07. The zero-order valence-electron chi connectivity index (χ0n) is 16.3. The van der Waals surface area contributed by atoms with Crippen LogP contribution in [0.4, 0.5) is 0 Å². The van der Waals surface area contributed by atoms with Gasteiger partial charge >= 0.3 is 5.97 Å². The first-order valence-electron chi connectivity index (χ1n) is 10.1. The van der Waals surface area contributed by atoms with Crippen LogP contribution in [0.15, 0.2) is 30.8 Å². The highest BCUT2D eigenvalue weighted by Crippen LogP contribution is 2.20. The SMILES string of the molecule is C=Cc1ccc(C(=O)OCCCCCCC(CC)CCCCC)cc1. The minimum absolute atomic E-state index is 0.224. The summed E-state index contributed by atoms with van der Waals surface area (Å²) in [6, 6.07) is 7.36. The van der Waals surface area contributed by atoms with Crippen molar-refractivity contribution in [1.29, 1.82) is 0 Å². The van der Waals surface area contributed by atoms with Crippen LogP contribution in [-0.4, -0.2) is 12.6 Å². The van der Waals surface area contributed by atoms with E-state index in [0.717, 1.165) is 24.3 Å². The number of ether oxygens (including phenoxy) is 1. The van der Waals surface area contributed by atoms with Gasteiger partial charge in [0.25, 0.3) is 0 Å². The van der Waals surface area contributed by atoms with Crippen LogP contribution in [0.2, 0.25) is 0 Å². The number of carbonyl (C=O) groups is 1. The molecule has 0 saturated heterocycles. The van der Waals surface area contributed by atoms with Crippen LogP contribution in [0.5, 0.6) is 0 Å². The van der Waals surface area contributed by atoms with Crippen molar-refractivity contribution in [1.82, 2.24) is 0 Å². The number of rotatable bonds is 14. The normalized spacial score (nSPS) is 11.9. The first kappa shape index (κ1) is 21.5. The third kappa shape index (κ3) is 9.48. The lowest BCUT2D eigenvalue weighted by Crippen LogP contribution is -2.06. The predicted molar refractivity (Wildman–Crippen MR) is 108 cm³/mol. The second kappa shape index (κ2) is 13.7. The van der Waals surface area contributed by atoms with E-state index in [9.17, 15) is 4.79 Å². The second-order valence-electron chi connectivity index (χ2n) is 6.93. The molecule has 0 heterocycles. The Bertz CT molecular complexity index is 475. The number of hydrogen-bond acceptors (Lipinski definition) is 2. The van der Waals surface area contributed by atoms with Crippen LogP contribution in [0.3, 0.4) is 0 Å². The van der Waals surface area contributed by atoms with E-state index in [4.69, 9.17) is 4.74 Å². The second-order valence-corrected chi connectivity index (χ2v) is 6.93. The van der Waals surface area contributed by atoms with Gasteiger partial charge < -0.3 is 4.74 Å². The molecule has 0 saturated carbocycles. The molecule has 0 N–H and O–H groups in total. The minimum atomic E-state index is -0.224. The van der Waals surface area contributed by atoms with Gasteiger partial charge in [0, 0.05) is 0 Å². The molecule has 0 aliphatic heterocycles. The molecule has 1 aromatic rings. The topological polar surface area (TPSA) is 26.3 Å². The zero-order valence-corrected chi connectivity index (χ0v) is 16.3. The molecule has 0 amide bonds. The lowest BCUT2D eigenvalue weighted by atomic mass is 9.93. The van der Waals surface area contributed by atoms with Gasteiger partial charge in [-0.1, -0.05) is 96.4 Å². The van der Waals surface area contributed by atoms with Crippen LogP contribution in [0.25, 0.3) is 6.08 Å². The smallest absolute Gasteiger partial charge is 0.338 e. The quantitative estimate of drug-likeness (QED) is 0.267. The molecule has 2 heteroatoms. The molecule has 0 aromatic heterocycles. The van der Waals surface area contributed by atoms with E-state index in [0.29, 0.717) is 12.2 Å². The first-order chi connectivity index (χ1) is 12.2. The Morgan fingerprint density at radius 1 is 1.00 bits per heavy atom. The first-order valence-corrected chi connectivity index (χ1v) is 10.1. The number of esters is 1. The van der Waals surface area contributed by atoms with Crippen molar-refractivity contribution in [2.75, 3.05) is 6.61 Å². The summed E-state index contributed by atoms with van der Waals surface area (Å²) in [5.74, 6) is 0.681. The molecule has 1 rings (SSSR count). The van der Waals surface area contributed by atoms with E-state index in [2.05, 4.69) is 20.4 Å². The Kier molecular flexibility index (Phi) is 11.8. The Morgan fingerprint density at radius 3 is 2.24 bits per heavy atom. The maximum atomic E-state index is 11.9. The maximum absolute atomic E-state index is 11.9. The molecule has 25 heavy (non-hydrogen) atoms. The molecule has 0 bridgehead atoms. The maximum Gasteiger partial charge on any atom is 0.338 e. The number of unbranched alkanes of at least 4 members (excludes halogenated alkanes) is 5.